The van der Waals surface area contributed by atoms with Gasteiger partial charge in [-0.3, -0.25) is 9.59 Å². The number of piperazine rings is 1. The lowest BCUT2D eigenvalue weighted by molar-refractivity contribution is -0.134. The number of hydrogen-bond donors (Lipinski definition) is 1. The molecule has 1 fully saturated rings. The minimum absolute atomic E-state index is 0.0306. The van der Waals surface area contributed by atoms with Crippen LogP contribution in [-0.4, -0.2) is 42.9 Å². The van der Waals surface area contributed by atoms with Crippen LogP contribution in [0, 0.1) is 5.92 Å². The number of benzene rings is 2. The van der Waals surface area contributed by atoms with E-state index < -0.39 is 5.91 Å². The Morgan fingerprint density at radius 1 is 0.912 bits per heavy atom. The standard InChI is InChI=1S/C25H24Cl3N3O3/c1-15(2)25(33)31-11-9-30(10-12-31)21-6-4-17(27)14-20(21)29-24(32)23-8-7-22(34-23)18-13-16(26)3-5-19(18)28/h3-8,13-15H,9-12H2,1-2H3,(H,29,32). The van der Waals surface area contributed by atoms with Crippen LogP contribution >= 0.6 is 34.8 Å². The molecule has 1 aliphatic rings. The van der Waals surface area contributed by atoms with E-state index in [4.69, 9.17) is 39.2 Å². The first-order valence-corrected chi connectivity index (χ1v) is 12.1. The van der Waals surface area contributed by atoms with Gasteiger partial charge in [-0.2, -0.15) is 0 Å². The van der Waals surface area contributed by atoms with Crippen molar-refractivity contribution in [2.75, 3.05) is 36.4 Å². The van der Waals surface area contributed by atoms with Crippen molar-refractivity contribution in [3.05, 3.63) is 69.4 Å². The predicted octanol–water partition coefficient (Wildman–Crippen LogP) is 6.46. The molecule has 2 aromatic carbocycles. The molecule has 0 aliphatic carbocycles. The maximum atomic E-state index is 13.0. The van der Waals surface area contributed by atoms with Crippen molar-refractivity contribution in [1.29, 1.82) is 0 Å². The van der Waals surface area contributed by atoms with Crippen molar-refractivity contribution >= 4 is 58.0 Å². The molecule has 178 valence electrons. The van der Waals surface area contributed by atoms with Crippen LogP contribution in [0.25, 0.3) is 11.3 Å². The minimum atomic E-state index is -0.415. The number of halogens is 3. The molecule has 9 heteroatoms. The van der Waals surface area contributed by atoms with Gasteiger partial charge in [-0.15, -0.1) is 0 Å². The first kappa shape index (κ1) is 24.5. The largest absolute Gasteiger partial charge is 0.451 e. The van der Waals surface area contributed by atoms with Gasteiger partial charge in [-0.05, 0) is 48.5 Å². The Kier molecular flexibility index (Phi) is 7.41. The minimum Gasteiger partial charge on any atom is -0.451 e. The summed E-state index contributed by atoms with van der Waals surface area (Å²) in [5.74, 6) is 0.274. The van der Waals surface area contributed by atoms with Gasteiger partial charge in [0.25, 0.3) is 5.91 Å². The third-order valence-corrected chi connectivity index (χ3v) is 6.46. The number of nitrogens with one attached hydrogen (secondary N) is 1. The average Bonchev–Trinajstić information content (AvgIpc) is 3.31. The molecule has 0 radical (unpaired) electrons. The first-order chi connectivity index (χ1) is 16.2. The number of nitrogens with zero attached hydrogens (tertiary/aromatic N) is 2. The van der Waals surface area contributed by atoms with E-state index in [9.17, 15) is 9.59 Å². The van der Waals surface area contributed by atoms with Crippen molar-refractivity contribution < 1.29 is 14.0 Å². The summed E-state index contributed by atoms with van der Waals surface area (Å²) in [5, 5.41) is 4.39. The summed E-state index contributed by atoms with van der Waals surface area (Å²) < 4.78 is 5.77. The molecule has 0 saturated carbocycles. The second-order valence-electron chi connectivity index (χ2n) is 8.37. The van der Waals surface area contributed by atoms with Crippen LogP contribution in [0.5, 0.6) is 0 Å². The number of anilines is 2. The fraction of sp³-hybridized carbons (Fsp3) is 0.280. The summed E-state index contributed by atoms with van der Waals surface area (Å²) >= 11 is 18.6. The Labute approximate surface area is 213 Å². The molecule has 0 spiro atoms. The molecule has 1 aromatic heterocycles. The Morgan fingerprint density at radius 2 is 1.59 bits per heavy atom. The van der Waals surface area contributed by atoms with Gasteiger partial charge in [-0.25, -0.2) is 0 Å². The lowest BCUT2D eigenvalue weighted by atomic mass is 10.1. The molecule has 0 atom stereocenters. The molecule has 0 bridgehead atoms. The van der Waals surface area contributed by atoms with E-state index in [1.165, 1.54) is 0 Å². The third-order valence-electron chi connectivity index (χ3n) is 5.66. The van der Waals surface area contributed by atoms with Crippen LogP contribution in [0.1, 0.15) is 24.4 Å². The van der Waals surface area contributed by atoms with Crippen molar-refractivity contribution in [2.24, 2.45) is 5.92 Å². The van der Waals surface area contributed by atoms with Crippen LogP contribution in [0.2, 0.25) is 15.1 Å². The van der Waals surface area contributed by atoms with Crippen molar-refractivity contribution in [3.63, 3.8) is 0 Å². The Balaban J connectivity index is 1.51. The second kappa shape index (κ2) is 10.3. The first-order valence-electron chi connectivity index (χ1n) is 10.9. The molecule has 1 saturated heterocycles. The fourth-order valence-corrected chi connectivity index (χ4v) is 4.45. The van der Waals surface area contributed by atoms with E-state index in [1.54, 1.807) is 42.5 Å². The van der Waals surface area contributed by atoms with Crippen molar-refractivity contribution in [3.8, 4) is 11.3 Å². The van der Waals surface area contributed by atoms with Gasteiger partial charge in [0.2, 0.25) is 5.91 Å². The third kappa shape index (κ3) is 5.35. The van der Waals surface area contributed by atoms with Crippen molar-refractivity contribution in [2.45, 2.75) is 13.8 Å². The molecular formula is C25H24Cl3N3O3. The van der Waals surface area contributed by atoms with Crippen LogP contribution in [0.4, 0.5) is 11.4 Å². The van der Waals surface area contributed by atoms with Crippen LogP contribution in [0.3, 0.4) is 0 Å². The molecular weight excluding hydrogens is 497 g/mol. The van der Waals surface area contributed by atoms with E-state index in [1.807, 2.05) is 24.8 Å². The van der Waals surface area contributed by atoms with Crippen LogP contribution in [0.15, 0.2) is 52.9 Å². The highest BCUT2D eigenvalue weighted by atomic mass is 35.5. The fourth-order valence-electron chi connectivity index (χ4n) is 3.89. The molecule has 1 aliphatic heterocycles. The van der Waals surface area contributed by atoms with Gasteiger partial charge in [0.05, 0.1) is 16.4 Å². The summed E-state index contributed by atoms with van der Waals surface area (Å²) in [6, 6.07) is 13.7. The lowest BCUT2D eigenvalue weighted by Gasteiger charge is -2.37. The zero-order valence-corrected chi connectivity index (χ0v) is 21.0. The zero-order valence-electron chi connectivity index (χ0n) is 18.8. The quantitative estimate of drug-likeness (QED) is 0.419. The summed E-state index contributed by atoms with van der Waals surface area (Å²) in [7, 11) is 0. The highest BCUT2D eigenvalue weighted by Gasteiger charge is 2.25. The SMILES string of the molecule is CC(C)C(=O)N1CCN(c2ccc(Cl)cc2NC(=O)c2ccc(-c3cc(Cl)ccc3Cl)o2)CC1. The van der Waals surface area contributed by atoms with Crippen LogP contribution in [-0.2, 0) is 4.79 Å². The average molecular weight is 521 g/mol. The molecule has 0 unspecified atom stereocenters. The van der Waals surface area contributed by atoms with Crippen LogP contribution < -0.4 is 10.2 Å². The molecule has 4 rings (SSSR count). The topological polar surface area (TPSA) is 65.8 Å². The molecule has 1 N–H and O–H groups in total. The highest BCUT2D eigenvalue weighted by molar-refractivity contribution is 6.35. The Hall–Kier alpha value is -2.67. The molecule has 2 amide bonds. The number of carbonyl (C=O) groups excluding carboxylic acids is 2. The van der Waals surface area contributed by atoms with Gasteiger partial charge in [-0.1, -0.05) is 48.7 Å². The monoisotopic (exact) mass is 519 g/mol. The second-order valence-corrected chi connectivity index (χ2v) is 9.65. The lowest BCUT2D eigenvalue weighted by Crippen LogP contribution is -2.50. The maximum Gasteiger partial charge on any atom is 0.291 e. The van der Waals surface area contributed by atoms with Gasteiger partial charge in [0, 0.05) is 47.7 Å². The molecule has 3 aromatic rings. The number of amides is 2. The van der Waals surface area contributed by atoms with E-state index >= 15 is 0 Å². The summed E-state index contributed by atoms with van der Waals surface area (Å²) in [6.45, 7) is 6.36. The molecule has 6 nitrogen and oxygen atoms in total. The molecule has 2 heterocycles. The highest BCUT2D eigenvalue weighted by Crippen LogP contribution is 2.33. The zero-order chi connectivity index (χ0) is 24.4. The maximum absolute atomic E-state index is 13.0. The number of hydrogen-bond acceptors (Lipinski definition) is 4. The number of carbonyl (C=O) groups is 2. The summed E-state index contributed by atoms with van der Waals surface area (Å²) in [4.78, 5) is 29.3. The van der Waals surface area contributed by atoms with Gasteiger partial charge < -0.3 is 19.5 Å². The number of furan rings is 1. The normalized spacial score (nSPS) is 13.9. The van der Waals surface area contributed by atoms with E-state index in [2.05, 4.69) is 10.2 Å². The van der Waals surface area contributed by atoms with E-state index in [-0.39, 0.29) is 17.6 Å². The van der Waals surface area contributed by atoms with Gasteiger partial charge in [0.15, 0.2) is 5.76 Å². The Bertz CT molecular complexity index is 1220. The summed E-state index contributed by atoms with van der Waals surface area (Å²) in [5.41, 5.74) is 2.00. The smallest absolute Gasteiger partial charge is 0.291 e. The van der Waals surface area contributed by atoms with Crippen molar-refractivity contribution in [1.82, 2.24) is 4.90 Å². The van der Waals surface area contributed by atoms with Gasteiger partial charge in [0.1, 0.15) is 5.76 Å². The van der Waals surface area contributed by atoms with Gasteiger partial charge >= 0.3 is 0 Å². The number of rotatable bonds is 5. The molecule has 34 heavy (non-hydrogen) atoms. The Morgan fingerprint density at radius 3 is 2.29 bits per heavy atom. The summed E-state index contributed by atoms with van der Waals surface area (Å²) in [6.07, 6.45) is 0. The van der Waals surface area contributed by atoms with E-state index in [0.717, 1.165) is 5.69 Å². The van der Waals surface area contributed by atoms with E-state index in [0.29, 0.717) is 58.3 Å². The predicted molar refractivity (Wildman–Crippen MR) is 137 cm³/mol.